The van der Waals surface area contributed by atoms with Gasteiger partial charge in [-0.1, -0.05) is 23.2 Å². The third kappa shape index (κ3) is 3.23. The van der Waals surface area contributed by atoms with Crippen molar-refractivity contribution in [3.63, 3.8) is 0 Å². The minimum absolute atomic E-state index is 0.0267. The number of carbonyl (C=O) groups is 1. The molecule has 130 valence electrons. The number of anilines is 2. The molecule has 25 heavy (non-hydrogen) atoms. The van der Waals surface area contributed by atoms with Crippen molar-refractivity contribution >= 4 is 61.5 Å². The maximum Gasteiger partial charge on any atom is 0.337 e. The van der Waals surface area contributed by atoms with Gasteiger partial charge >= 0.3 is 5.97 Å². The van der Waals surface area contributed by atoms with Crippen LogP contribution < -0.4 is 10.5 Å². The number of carboxylic acids is 1. The first-order valence-corrected chi connectivity index (χ1v) is 9.05. The van der Waals surface area contributed by atoms with Crippen molar-refractivity contribution in [3.05, 3.63) is 52.1 Å². The number of aromatic amines is 1. The van der Waals surface area contributed by atoms with Crippen LogP contribution in [0.3, 0.4) is 0 Å². The Hall–Kier alpha value is -2.42. The Kier molecular flexibility index (Phi) is 4.28. The van der Waals surface area contributed by atoms with Crippen LogP contribution in [0.2, 0.25) is 10.0 Å². The lowest BCUT2D eigenvalue weighted by Gasteiger charge is -2.10. The first kappa shape index (κ1) is 17.4. The summed E-state index contributed by atoms with van der Waals surface area (Å²) in [7, 11) is -3.96. The van der Waals surface area contributed by atoms with Crippen LogP contribution >= 0.6 is 23.2 Å². The highest BCUT2D eigenvalue weighted by molar-refractivity contribution is 7.92. The molecule has 0 saturated heterocycles. The Morgan fingerprint density at radius 2 is 1.80 bits per heavy atom. The highest BCUT2D eigenvalue weighted by Gasteiger charge is 2.18. The Bertz CT molecular complexity index is 1090. The summed E-state index contributed by atoms with van der Waals surface area (Å²) in [4.78, 5) is 13.7. The second-order valence-corrected chi connectivity index (χ2v) is 7.67. The fourth-order valence-corrected chi connectivity index (χ4v) is 4.01. The number of benzene rings is 2. The smallest absolute Gasteiger partial charge is 0.337 e. The summed E-state index contributed by atoms with van der Waals surface area (Å²) in [5.41, 5.74) is 6.52. The van der Waals surface area contributed by atoms with Crippen LogP contribution in [0.15, 0.2) is 41.4 Å². The number of halogens is 2. The van der Waals surface area contributed by atoms with E-state index < -0.39 is 16.0 Å². The van der Waals surface area contributed by atoms with Gasteiger partial charge in [-0.15, -0.1) is 0 Å². The van der Waals surface area contributed by atoms with Crippen LogP contribution in [0.4, 0.5) is 11.4 Å². The lowest BCUT2D eigenvalue weighted by Crippen LogP contribution is -2.13. The zero-order valence-electron chi connectivity index (χ0n) is 12.4. The Morgan fingerprint density at radius 3 is 2.40 bits per heavy atom. The van der Waals surface area contributed by atoms with E-state index in [1.165, 1.54) is 36.5 Å². The maximum absolute atomic E-state index is 12.5. The Morgan fingerprint density at radius 1 is 1.16 bits per heavy atom. The number of nitrogens with one attached hydrogen (secondary N) is 2. The molecule has 10 heteroatoms. The minimum Gasteiger partial charge on any atom is -0.478 e. The van der Waals surface area contributed by atoms with E-state index in [-0.39, 0.29) is 31.9 Å². The van der Waals surface area contributed by atoms with Gasteiger partial charge in [-0.05, 0) is 30.3 Å². The molecule has 0 fully saturated rings. The van der Waals surface area contributed by atoms with Crippen LogP contribution in [-0.2, 0) is 10.0 Å². The average molecular weight is 400 g/mol. The van der Waals surface area contributed by atoms with Gasteiger partial charge < -0.3 is 15.8 Å². The van der Waals surface area contributed by atoms with Crippen LogP contribution in [0.5, 0.6) is 0 Å². The summed E-state index contributed by atoms with van der Waals surface area (Å²) in [6.07, 6.45) is 1.34. The van der Waals surface area contributed by atoms with E-state index in [1.807, 2.05) is 0 Å². The molecule has 1 aromatic heterocycles. The van der Waals surface area contributed by atoms with Gasteiger partial charge in [0.15, 0.2) is 0 Å². The van der Waals surface area contributed by atoms with Gasteiger partial charge in [0, 0.05) is 17.1 Å². The van der Waals surface area contributed by atoms with Crippen molar-refractivity contribution < 1.29 is 18.3 Å². The van der Waals surface area contributed by atoms with Gasteiger partial charge in [0.05, 0.1) is 31.9 Å². The SMILES string of the molecule is Nc1c(Cl)cc(S(=O)(=O)Nc2ccc3c(C(=O)O)c[nH]c3c2)cc1Cl. The van der Waals surface area contributed by atoms with E-state index in [1.54, 1.807) is 0 Å². The average Bonchev–Trinajstić information content (AvgIpc) is 2.95. The molecule has 3 rings (SSSR count). The number of nitrogens with two attached hydrogens (primary N) is 1. The molecule has 0 atom stereocenters. The highest BCUT2D eigenvalue weighted by atomic mass is 35.5. The van der Waals surface area contributed by atoms with Gasteiger partial charge in [-0.3, -0.25) is 4.72 Å². The van der Waals surface area contributed by atoms with Crippen molar-refractivity contribution in [1.29, 1.82) is 0 Å². The Labute approximate surface area is 152 Å². The molecule has 0 amide bonds. The zero-order valence-corrected chi connectivity index (χ0v) is 14.7. The van der Waals surface area contributed by atoms with E-state index in [9.17, 15) is 13.2 Å². The number of carboxylic acid groups (broad SMARTS) is 1. The molecule has 7 nitrogen and oxygen atoms in total. The molecule has 3 aromatic rings. The largest absolute Gasteiger partial charge is 0.478 e. The molecule has 0 saturated carbocycles. The highest BCUT2D eigenvalue weighted by Crippen LogP contribution is 2.32. The van der Waals surface area contributed by atoms with Crippen LogP contribution in [0, 0.1) is 0 Å². The molecular formula is C15H11Cl2N3O4S. The lowest BCUT2D eigenvalue weighted by atomic mass is 10.1. The molecule has 5 N–H and O–H groups in total. The summed E-state index contributed by atoms with van der Waals surface area (Å²) in [5.74, 6) is -1.08. The summed E-state index contributed by atoms with van der Waals surface area (Å²) in [6.45, 7) is 0. The molecule has 1 heterocycles. The third-order valence-corrected chi connectivity index (χ3v) is 5.51. The van der Waals surface area contributed by atoms with Gasteiger partial charge in [0.25, 0.3) is 10.0 Å². The number of nitrogen functional groups attached to an aromatic ring is 1. The number of aromatic carboxylic acids is 1. The molecule has 0 spiro atoms. The topological polar surface area (TPSA) is 125 Å². The van der Waals surface area contributed by atoms with Crippen molar-refractivity contribution in [2.24, 2.45) is 0 Å². The number of hydrogen-bond acceptors (Lipinski definition) is 4. The van der Waals surface area contributed by atoms with Gasteiger partial charge in [0.2, 0.25) is 0 Å². The van der Waals surface area contributed by atoms with Crippen molar-refractivity contribution in [1.82, 2.24) is 4.98 Å². The fraction of sp³-hybridized carbons (Fsp3) is 0. The number of fused-ring (bicyclic) bond motifs is 1. The molecule has 0 bridgehead atoms. The quantitative estimate of drug-likeness (QED) is 0.499. The second kappa shape index (κ2) is 6.14. The van der Waals surface area contributed by atoms with Crippen molar-refractivity contribution in [3.8, 4) is 0 Å². The maximum atomic E-state index is 12.5. The zero-order chi connectivity index (χ0) is 18.4. The molecule has 0 aliphatic rings. The first-order valence-electron chi connectivity index (χ1n) is 6.81. The Balaban J connectivity index is 1.98. The first-order chi connectivity index (χ1) is 11.7. The van der Waals surface area contributed by atoms with Crippen molar-refractivity contribution in [2.45, 2.75) is 4.90 Å². The van der Waals surface area contributed by atoms with E-state index in [0.717, 1.165) is 0 Å². The van der Waals surface area contributed by atoms with Crippen LogP contribution in [-0.4, -0.2) is 24.5 Å². The normalized spacial score (nSPS) is 11.6. The van der Waals surface area contributed by atoms with Gasteiger partial charge in [0.1, 0.15) is 0 Å². The minimum atomic E-state index is -3.96. The van der Waals surface area contributed by atoms with Crippen LogP contribution in [0.1, 0.15) is 10.4 Å². The number of H-pyrrole nitrogens is 1. The molecule has 2 aromatic carbocycles. The number of rotatable bonds is 4. The van der Waals surface area contributed by atoms with Gasteiger partial charge in [-0.2, -0.15) is 0 Å². The van der Waals surface area contributed by atoms with E-state index >= 15 is 0 Å². The lowest BCUT2D eigenvalue weighted by molar-refractivity contribution is 0.0699. The molecule has 0 radical (unpaired) electrons. The predicted octanol–water partition coefficient (Wildman–Crippen LogP) is 3.56. The van der Waals surface area contributed by atoms with E-state index in [2.05, 4.69) is 9.71 Å². The van der Waals surface area contributed by atoms with Crippen LogP contribution in [0.25, 0.3) is 10.9 Å². The standard InChI is InChI=1S/C15H11Cl2N3O4S/c16-11-4-8(5-12(17)14(11)18)25(23,24)20-7-1-2-9-10(15(21)22)6-19-13(9)3-7/h1-6,19-20H,18H2,(H,21,22). The fourth-order valence-electron chi connectivity index (χ4n) is 2.30. The second-order valence-electron chi connectivity index (χ2n) is 5.17. The monoisotopic (exact) mass is 399 g/mol. The number of sulfonamides is 1. The van der Waals surface area contributed by atoms with E-state index in [0.29, 0.717) is 10.9 Å². The molecule has 0 aliphatic carbocycles. The number of aromatic nitrogens is 1. The van der Waals surface area contributed by atoms with Gasteiger partial charge in [-0.25, -0.2) is 13.2 Å². The summed E-state index contributed by atoms with van der Waals surface area (Å²) < 4.78 is 27.4. The summed E-state index contributed by atoms with van der Waals surface area (Å²) >= 11 is 11.8. The summed E-state index contributed by atoms with van der Waals surface area (Å²) in [5, 5.41) is 9.60. The third-order valence-electron chi connectivity index (χ3n) is 3.53. The predicted molar refractivity (Wildman–Crippen MR) is 96.9 cm³/mol. The molecule has 0 aliphatic heterocycles. The molecular weight excluding hydrogens is 389 g/mol. The van der Waals surface area contributed by atoms with E-state index in [4.69, 9.17) is 34.0 Å². The summed E-state index contributed by atoms with van der Waals surface area (Å²) in [6, 6.07) is 6.85. The number of hydrogen-bond donors (Lipinski definition) is 4. The van der Waals surface area contributed by atoms with Crippen molar-refractivity contribution in [2.75, 3.05) is 10.5 Å². The molecule has 0 unspecified atom stereocenters.